The third-order valence-electron chi connectivity index (χ3n) is 3.18. The molecule has 2 rings (SSSR count). The number of rotatable bonds is 4. The molecule has 0 aromatic carbocycles. The van der Waals surface area contributed by atoms with Crippen molar-refractivity contribution in [2.24, 2.45) is 5.41 Å². The van der Waals surface area contributed by atoms with Gasteiger partial charge < -0.3 is 4.57 Å². The summed E-state index contributed by atoms with van der Waals surface area (Å²) in [5.74, 6) is 0.181. The minimum atomic E-state index is -2.98. The number of hydrogen-bond donors (Lipinski definition) is 0. The lowest BCUT2D eigenvalue weighted by molar-refractivity contribution is 0.451. The molecular formula is C12H17NO3S. The first-order valence-corrected chi connectivity index (χ1v) is 7.71. The summed E-state index contributed by atoms with van der Waals surface area (Å²) in [5, 5.41) is 0. The van der Waals surface area contributed by atoms with Crippen LogP contribution in [-0.2, 0) is 16.4 Å². The van der Waals surface area contributed by atoms with Crippen molar-refractivity contribution >= 4 is 9.84 Å². The van der Waals surface area contributed by atoms with Gasteiger partial charge in [-0.1, -0.05) is 0 Å². The van der Waals surface area contributed by atoms with Crippen LogP contribution in [0.4, 0.5) is 0 Å². The number of hydrogen-bond acceptors (Lipinski definition) is 3. The molecular weight excluding hydrogens is 238 g/mol. The highest BCUT2D eigenvalue weighted by molar-refractivity contribution is 7.90. The molecule has 0 amide bonds. The Bertz CT molecular complexity index is 582. The van der Waals surface area contributed by atoms with Crippen LogP contribution in [0.15, 0.2) is 23.1 Å². The van der Waals surface area contributed by atoms with Gasteiger partial charge in [-0.3, -0.25) is 4.79 Å². The van der Waals surface area contributed by atoms with Crippen molar-refractivity contribution in [3.05, 3.63) is 34.2 Å². The van der Waals surface area contributed by atoms with E-state index in [4.69, 9.17) is 0 Å². The zero-order chi connectivity index (χ0) is 12.7. The van der Waals surface area contributed by atoms with E-state index in [0.29, 0.717) is 6.54 Å². The summed E-state index contributed by atoms with van der Waals surface area (Å²) in [6.45, 7) is 2.38. The molecule has 1 aliphatic carbocycles. The van der Waals surface area contributed by atoms with Gasteiger partial charge in [0.05, 0.1) is 5.75 Å². The minimum absolute atomic E-state index is 0.0511. The molecule has 0 bridgehead atoms. The third kappa shape index (κ3) is 3.19. The summed E-state index contributed by atoms with van der Waals surface area (Å²) >= 11 is 0. The van der Waals surface area contributed by atoms with E-state index < -0.39 is 9.84 Å². The van der Waals surface area contributed by atoms with Gasteiger partial charge in [0.2, 0.25) is 0 Å². The molecule has 0 spiro atoms. The lowest BCUT2D eigenvalue weighted by Crippen LogP contribution is -2.28. The smallest absolute Gasteiger partial charge is 0.250 e. The van der Waals surface area contributed by atoms with E-state index in [1.807, 2.05) is 13.0 Å². The molecule has 4 nitrogen and oxygen atoms in total. The first-order chi connectivity index (χ1) is 7.80. The van der Waals surface area contributed by atoms with Crippen molar-refractivity contribution < 1.29 is 8.42 Å². The molecule has 0 saturated heterocycles. The SMILES string of the molecule is Cc1ccn(CC2(CS(C)(=O)=O)CC2)c(=O)c1. The van der Waals surface area contributed by atoms with Crippen LogP contribution >= 0.6 is 0 Å². The van der Waals surface area contributed by atoms with E-state index in [9.17, 15) is 13.2 Å². The predicted octanol–water partition coefficient (Wildman–Crippen LogP) is 0.982. The maximum Gasteiger partial charge on any atom is 0.250 e. The van der Waals surface area contributed by atoms with Crippen LogP contribution in [0.2, 0.25) is 0 Å². The first-order valence-electron chi connectivity index (χ1n) is 5.65. The van der Waals surface area contributed by atoms with Crippen molar-refractivity contribution in [2.75, 3.05) is 12.0 Å². The fraction of sp³-hybridized carbons (Fsp3) is 0.583. The molecule has 0 N–H and O–H groups in total. The lowest BCUT2D eigenvalue weighted by Gasteiger charge is -2.15. The largest absolute Gasteiger partial charge is 0.315 e. The maximum atomic E-state index is 11.7. The molecule has 1 aromatic rings. The van der Waals surface area contributed by atoms with Crippen molar-refractivity contribution in [2.45, 2.75) is 26.3 Å². The van der Waals surface area contributed by atoms with Crippen molar-refractivity contribution in [3.63, 3.8) is 0 Å². The first kappa shape index (κ1) is 12.4. The highest BCUT2D eigenvalue weighted by Crippen LogP contribution is 2.47. The molecule has 0 aliphatic heterocycles. The highest BCUT2D eigenvalue weighted by Gasteiger charge is 2.45. The van der Waals surface area contributed by atoms with E-state index in [1.165, 1.54) is 6.26 Å². The van der Waals surface area contributed by atoms with Crippen LogP contribution in [0.25, 0.3) is 0 Å². The van der Waals surface area contributed by atoms with E-state index in [1.54, 1.807) is 16.8 Å². The number of aryl methyl sites for hydroxylation is 1. The Morgan fingerprint density at radius 1 is 1.41 bits per heavy atom. The molecule has 94 valence electrons. The normalized spacial score (nSPS) is 18.0. The molecule has 1 saturated carbocycles. The van der Waals surface area contributed by atoms with Gasteiger partial charge in [-0.15, -0.1) is 0 Å². The van der Waals surface area contributed by atoms with Crippen molar-refractivity contribution in [1.29, 1.82) is 0 Å². The molecule has 5 heteroatoms. The third-order valence-corrected chi connectivity index (χ3v) is 4.32. The van der Waals surface area contributed by atoms with E-state index in [0.717, 1.165) is 18.4 Å². The van der Waals surface area contributed by atoms with Crippen LogP contribution in [0.3, 0.4) is 0 Å². The molecule has 1 fully saturated rings. The zero-order valence-electron chi connectivity index (χ0n) is 10.1. The monoisotopic (exact) mass is 255 g/mol. The summed E-state index contributed by atoms with van der Waals surface area (Å²) in [6.07, 6.45) is 4.78. The summed E-state index contributed by atoms with van der Waals surface area (Å²) in [6, 6.07) is 3.45. The van der Waals surface area contributed by atoms with Crippen LogP contribution in [-0.4, -0.2) is 25.0 Å². The molecule has 0 unspecified atom stereocenters. The van der Waals surface area contributed by atoms with Gasteiger partial charge in [0.15, 0.2) is 0 Å². The van der Waals surface area contributed by atoms with Crippen LogP contribution in [0.1, 0.15) is 18.4 Å². The Hall–Kier alpha value is -1.10. The Morgan fingerprint density at radius 3 is 2.53 bits per heavy atom. The Morgan fingerprint density at radius 2 is 2.06 bits per heavy atom. The van der Waals surface area contributed by atoms with Gasteiger partial charge >= 0.3 is 0 Å². The summed E-state index contributed by atoms with van der Waals surface area (Å²) in [4.78, 5) is 11.7. The Balaban J connectivity index is 2.19. The van der Waals surface area contributed by atoms with Crippen LogP contribution in [0, 0.1) is 12.3 Å². The Kier molecular flexibility index (Phi) is 2.89. The number of sulfone groups is 1. The van der Waals surface area contributed by atoms with Gasteiger partial charge in [-0.2, -0.15) is 0 Å². The van der Waals surface area contributed by atoms with Crippen LogP contribution in [0.5, 0.6) is 0 Å². The van der Waals surface area contributed by atoms with E-state index in [-0.39, 0.29) is 16.7 Å². The summed E-state index contributed by atoms with van der Waals surface area (Å²) < 4.78 is 24.3. The van der Waals surface area contributed by atoms with E-state index >= 15 is 0 Å². The second kappa shape index (κ2) is 3.98. The number of aromatic nitrogens is 1. The molecule has 1 aliphatic rings. The molecule has 17 heavy (non-hydrogen) atoms. The molecule has 0 radical (unpaired) electrons. The predicted molar refractivity (Wildman–Crippen MR) is 66.8 cm³/mol. The van der Waals surface area contributed by atoms with Gasteiger partial charge in [0.25, 0.3) is 5.56 Å². The lowest BCUT2D eigenvalue weighted by atomic mass is 10.1. The standard InChI is InChI=1S/C12H17NO3S/c1-10-3-6-13(11(14)7-10)8-12(4-5-12)9-17(2,15)16/h3,6-7H,4-5,8-9H2,1-2H3. The van der Waals surface area contributed by atoms with Crippen molar-refractivity contribution in [3.8, 4) is 0 Å². The fourth-order valence-corrected chi connectivity index (χ4v) is 3.67. The van der Waals surface area contributed by atoms with Gasteiger partial charge in [-0.05, 0) is 31.4 Å². The van der Waals surface area contributed by atoms with Gasteiger partial charge in [0.1, 0.15) is 9.84 Å². The second-order valence-corrected chi connectivity index (χ2v) is 7.38. The van der Waals surface area contributed by atoms with Gasteiger partial charge in [0, 0.05) is 30.5 Å². The number of pyridine rings is 1. The quantitative estimate of drug-likeness (QED) is 0.806. The maximum absolute atomic E-state index is 11.7. The average Bonchev–Trinajstić information content (AvgIpc) is 2.87. The van der Waals surface area contributed by atoms with E-state index in [2.05, 4.69) is 0 Å². The molecule has 1 heterocycles. The topological polar surface area (TPSA) is 56.1 Å². The Labute approximate surface area is 101 Å². The number of nitrogens with zero attached hydrogens (tertiary/aromatic N) is 1. The summed E-state index contributed by atoms with van der Waals surface area (Å²) in [7, 11) is -2.98. The van der Waals surface area contributed by atoms with Crippen LogP contribution < -0.4 is 5.56 Å². The molecule has 1 aromatic heterocycles. The fourth-order valence-electron chi connectivity index (χ4n) is 2.18. The zero-order valence-corrected chi connectivity index (χ0v) is 11.0. The molecule has 0 atom stereocenters. The average molecular weight is 255 g/mol. The summed E-state index contributed by atoms with van der Waals surface area (Å²) in [5.41, 5.74) is 0.677. The van der Waals surface area contributed by atoms with Gasteiger partial charge in [-0.25, -0.2) is 8.42 Å². The highest BCUT2D eigenvalue weighted by atomic mass is 32.2. The van der Waals surface area contributed by atoms with Crippen molar-refractivity contribution in [1.82, 2.24) is 4.57 Å². The second-order valence-electron chi connectivity index (χ2n) is 5.24. The minimum Gasteiger partial charge on any atom is -0.315 e.